The molecule has 1 heterocycles. The highest BCUT2D eigenvalue weighted by molar-refractivity contribution is 5.86. The summed E-state index contributed by atoms with van der Waals surface area (Å²) in [5, 5.41) is 1.38. The van der Waals surface area contributed by atoms with Gasteiger partial charge < -0.3 is 4.57 Å². The molecular weight excluding hydrogens is 364 g/mol. The van der Waals surface area contributed by atoms with E-state index in [1.54, 1.807) is 0 Å². The Bertz CT molecular complexity index is 900. The minimum atomic E-state index is 1.04. The third kappa shape index (κ3) is 5.76. The molecule has 0 amide bonds. The molecule has 2 heteroatoms. The van der Waals surface area contributed by atoms with E-state index in [9.17, 15) is 0 Å². The Morgan fingerprint density at radius 3 is 2.10 bits per heavy atom. The van der Waals surface area contributed by atoms with E-state index in [0.717, 1.165) is 26.2 Å². The van der Waals surface area contributed by atoms with Crippen LogP contribution in [0, 0.1) is 6.92 Å². The first-order valence-corrected chi connectivity index (χ1v) is 12.1. The zero-order valence-electron chi connectivity index (χ0n) is 19.6. The fraction of sp³-hybridized carbons (Fsp3) is 0.500. The molecule has 0 saturated carbocycles. The molecule has 0 spiro atoms. The van der Waals surface area contributed by atoms with E-state index < -0.39 is 0 Å². The van der Waals surface area contributed by atoms with Crippen molar-refractivity contribution in [3.8, 4) is 11.1 Å². The van der Waals surface area contributed by atoms with Crippen molar-refractivity contribution in [1.29, 1.82) is 0 Å². The summed E-state index contributed by atoms with van der Waals surface area (Å²) in [5.74, 6) is 0. The quantitative estimate of drug-likeness (QED) is 0.279. The van der Waals surface area contributed by atoms with Crippen LogP contribution in [0.5, 0.6) is 0 Å². The summed E-state index contributed by atoms with van der Waals surface area (Å²) >= 11 is 0. The van der Waals surface area contributed by atoms with Crippen molar-refractivity contribution < 1.29 is 0 Å². The first kappa shape index (κ1) is 22.6. The van der Waals surface area contributed by atoms with Crippen LogP contribution in [-0.4, -0.2) is 22.6 Å². The summed E-state index contributed by atoms with van der Waals surface area (Å²) in [6.45, 7) is 13.3. The fourth-order valence-corrected chi connectivity index (χ4v) is 4.38. The molecule has 0 saturated heterocycles. The van der Waals surface area contributed by atoms with Crippen LogP contribution in [0.3, 0.4) is 0 Å². The zero-order valence-corrected chi connectivity index (χ0v) is 19.6. The molecule has 162 valence electrons. The molecule has 1 aromatic heterocycles. The number of rotatable bonds is 12. The van der Waals surface area contributed by atoms with Gasteiger partial charge in [0.1, 0.15) is 0 Å². The molecule has 3 aromatic rings. The Balaban J connectivity index is 1.85. The predicted octanol–water partition coefficient (Wildman–Crippen LogP) is 7.82. The number of unbranched alkanes of at least 4 members (excludes halogenated alkanes) is 5. The topological polar surface area (TPSA) is 8.17 Å². The van der Waals surface area contributed by atoms with Crippen LogP contribution < -0.4 is 0 Å². The van der Waals surface area contributed by atoms with Gasteiger partial charge in [-0.05, 0) is 55.8 Å². The highest BCUT2D eigenvalue weighted by Gasteiger charge is 2.12. The molecule has 0 radical (unpaired) electrons. The second kappa shape index (κ2) is 11.4. The first-order valence-electron chi connectivity index (χ1n) is 12.1. The minimum Gasteiger partial charge on any atom is -0.343 e. The van der Waals surface area contributed by atoms with Crippen LogP contribution in [0.4, 0.5) is 0 Å². The number of benzene rings is 2. The van der Waals surface area contributed by atoms with Gasteiger partial charge in [-0.1, -0.05) is 88.8 Å². The van der Waals surface area contributed by atoms with E-state index in [0.29, 0.717) is 0 Å². The normalized spacial score (nSPS) is 11.6. The Labute approximate surface area is 183 Å². The standard InChI is InChI=1S/C28H40N2/c1-5-8-9-10-11-12-19-30-27(22-29(6-2)7-3)21-26-20-25(17-18-28(26)30)24-15-13-23(4)14-16-24/h13-18,20-21H,5-12,19,22H2,1-4H3. The molecular formula is C28H40N2. The van der Waals surface area contributed by atoms with Gasteiger partial charge in [0, 0.05) is 29.7 Å². The van der Waals surface area contributed by atoms with Crippen molar-refractivity contribution in [1.82, 2.24) is 9.47 Å². The Hall–Kier alpha value is -2.06. The van der Waals surface area contributed by atoms with Gasteiger partial charge in [0.05, 0.1) is 0 Å². The zero-order chi connectivity index (χ0) is 21.3. The van der Waals surface area contributed by atoms with Gasteiger partial charge in [-0.25, -0.2) is 0 Å². The Morgan fingerprint density at radius 1 is 0.733 bits per heavy atom. The van der Waals surface area contributed by atoms with Crippen LogP contribution in [0.15, 0.2) is 48.5 Å². The molecule has 0 atom stereocenters. The van der Waals surface area contributed by atoms with Crippen molar-refractivity contribution in [3.05, 3.63) is 59.8 Å². The number of aromatic nitrogens is 1. The molecule has 0 N–H and O–H groups in total. The van der Waals surface area contributed by atoms with E-state index in [2.05, 4.69) is 85.7 Å². The van der Waals surface area contributed by atoms with Gasteiger partial charge in [0.15, 0.2) is 0 Å². The lowest BCUT2D eigenvalue weighted by Gasteiger charge is -2.20. The maximum absolute atomic E-state index is 2.59. The molecule has 2 aromatic carbocycles. The fourth-order valence-electron chi connectivity index (χ4n) is 4.38. The molecule has 0 aliphatic carbocycles. The number of hydrogen-bond acceptors (Lipinski definition) is 1. The lowest BCUT2D eigenvalue weighted by atomic mass is 10.0. The second-order valence-electron chi connectivity index (χ2n) is 8.66. The lowest BCUT2D eigenvalue weighted by molar-refractivity contribution is 0.287. The van der Waals surface area contributed by atoms with Crippen molar-refractivity contribution in [3.63, 3.8) is 0 Å². The van der Waals surface area contributed by atoms with Crippen LogP contribution in [0.1, 0.15) is 70.6 Å². The lowest BCUT2D eigenvalue weighted by Crippen LogP contribution is -2.23. The monoisotopic (exact) mass is 404 g/mol. The minimum absolute atomic E-state index is 1.04. The summed E-state index contributed by atoms with van der Waals surface area (Å²) in [5.41, 5.74) is 6.78. The molecule has 0 bridgehead atoms. The Kier molecular flexibility index (Phi) is 8.57. The second-order valence-corrected chi connectivity index (χ2v) is 8.66. The van der Waals surface area contributed by atoms with E-state index in [4.69, 9.17) is 0 Å². The van der Waals surface area contributed by atoms with E-state index >= 15 is 0 Å². The SMILES string of the molecule is CCCCCCCCn1c(CN(CC)CC)cc2cc(-c3ccc(C)cc3)ccc21. The van der Waals surface area contributed by atoms with Crippen LogP contribution >= 0.6 is 0 Å². The van der Waals surface area contributed by atoms with E-state index in [1.807, 2.05) is 0 Å². The van der Waals surface area contributed by atoms with E-state index in [1.165, 1.54) is 71.8 Å². The maximum atomic E-state index is 2.59. The molecule has 3 rings (SSSR count). The summed E-state index contributed by atoms with van der Waals surface area (Å²) in [6, 6.07) is 18.3. The molecule has 0 aliphatic heterocycles. The van der Waals surface area contributed by atoms with Crippen molar-refractivity contribution in [2.45, 2.75) is 79.3 Å². The third-order valence-electron chi connectivity index (χ3n) is 6.39. The van der Waals surface area contributed by atoms with Gasteiger partial charge in [-0.3, -0.25) is 4.90 Å². The van der Waals surface area contributed by atoms with Gasteiger partial charge in [0.25, 0.3) is 0 Å². The van der Waals surface area contributed by atoms with E-state index in [-0.39, 0.29) is 0 Å². The van der Waals surface area contributed by atoms with Crippen LogP contribution in [0.25, 0.3) is 22.0 Å². The van der Waals surface area contributed by atoms with Crippen LogP contribution in [-0.2, 0) is 13.1 Å². The molecule has 0 fully saturated rings. The number of aryl methyl sites for hydroxylation is 2. The summed E-state index contributed by atoms with van der Waals surface area (Å²) in [6.07, 6.45) is 8.07. The van der Waals surface area contributed by atoms with Gasteiger partial charge in [-0.2, -0.15) is 0 Å². The average molecular weight is 405 g/mol. The highest BCUT2D eigenvalue weighted by Crippen LogP contribution is 2.28. The third-order valence-corrected chi connectivity index (χ3v) is 6.39. The predicted molar refractivity (Wildman–Crippen MR) is 132 cm³/mol. The Morgan fingerprint density at radius 2 is 1.40 bits per heavy atom. The number of nitrogens with zero attached hydrogens (tertiary/aromatic N) is 2. The molecule has 0 aliphatic rings. The van der Waals surface area contributed by atoms with Gasteiger partial charge in [0.2, 0.25) is 0 Å². The summed E-state index contributed by atoms with van der Waals surface area (Å²) in [7, 11) is 0. The first-order chi connectivity index (χ1) is 14.7. The van der Waals surface area contributed by atoms with Gasteiger partial charge in [-0.15, -0.1) is 0 Å². The molecule has 0 unspecified atom stereocenters. The highest BCUT2D eigenvalue weighted by atomic mass is 15.1. The van der Waals surface area contributed by atoms with Crippen LogP contribution in [0.2, 0.25) is 0 Å². The van der Waals surface area contributed by atoms with Crippen molar-refractivity contribution in [2.24, 2.45) is 0 Å². The largest absolute Gasteiger partial charge is 0.343 e. The molecule has 2 nitrogen and oxygen atoms in total. The number of hydrogen-bond donors (Lipinski definition) is 0. The van der Waals surface area contributed by atoms with Crippen molar-refractivity contribution >= 4 is 10.9 Å². The maximum Gasteiger partial charge on any atom is 0.0483 e. The number of fused-ring (bicyclic) bond motifs is 1. The van der Waals surface area contributed by atoms with Gasteiger partial charge >= 0.3 is 0 Å². The average Bonchev–Trinajstić information content (AvgIpc) is 3.11. The molecule has 30 heavy (non-hydrogen) atoms. The summed E-state index contributed by atoms with van der Waals surface area (Å²) < 4.78 is 2.59. The van der Waals surface area contributed by atoms with Crippen molar-refractivity contribution in [2.75, 3.05) is 13.1 Å². The smallest absolute Gasteiger partial charge is 0.0483 e. The summed E-state index contributed by atoms with van der Waals surface area (Å²) in [4.78, 5) is 2.52.